The number of rotatable bonds is 1. The summed E-state index contributed by atoms with van der Waals surface area (Å²) in [4.78, 5) is 22.3. The largest absolute Gasteiger partial charge is 0.381 e. The van der Waals surface area contributed by atoms with Crippen LogP contribution in [-0.4, -0.2) is 28.5 Å². The number of anilines is 1. The molecule has 7 heteroatoms. The molecule has 0 fully saturated rings. The molecule has 1 aromatic carbocycles. The Morgan fingerprint density at radius 1 is 1.25 bits per heavy atom. The SMILES string of the molecule is Cc1cnc(Cl)cc1-c1ccc2c(ccc3sc4c(c32)NC[C@@H](C)NC4=O)n1. The molecule has 1 amide bonds. The summed E-state index contributed by atoms with van der Waals surface area (Å²) < 4.78 is 1.08. The van der Waals surface area contributed by atoms with E-state index in [1.807, 2.05) is 38.1 Å². The topological polar surface area (TPSA) is 66.9 Å². The van der Waals surface area contributed by atoms with Crippen LogP contribution in [0.25, 0.3) is 32.2 Å². The minimum Gasteiger partial charge on any atom is -0.381 e. The fourth-order valence-electron chi connectivity index (χ4n) is 3.65. The Bertz CT molecular complexity index is 1270. The number of carbonyl (C=O) groups is 1. The molecule has 28 heavy (non-hydrogen) atoms. The highest BCUT2D eigenvalue weighted by Crippen LogP contribution is 2.41. The zero-order valence-electron chi connectivity index (χ0n) is 15.3. The number of fused-ring (bicyclic) bond motifs is 5. The van der Waals surface area contributed by atoms with Gasteiger partial charge in [-0.1, -0.05) is 11.6 Å². The first-order chi connectivity index (χ1) is 13.5. The number of benzene rings is 1. The molecule has 1 atom stereocenters. The fraction of sp³-hybridized carbons (Fsp3) is 0.190. The molecule has 0 radical (unpaired) electrons. The Morgan fingerprint density at radius 2 is 2.11 bits per heavy atom. The highest BCUT2D eigenvalue weighted by atomic mass is 35.5. The summed E-state index contributed by atoms with van der Waals surface area (Å²) in [7, 11) is 0. The van der Waals surface area contributed by atoms with E-state index in [0.717, 1.165) is 48.4 Å². The Balaban J connectivity index is 1.73. The van der Waals surface area contributed by atoms with Gasteiger partial charge in [-0.2, -0.15) is 0 Å². The van der Waals surface area contributed by atoms with E-state index >= 15 is 0 Å². The number of nitrogens with zero attached hydrogens (tertiary/aromatic N) is 2. The van der Waals surface area contributed by atoms with Crippen LogP contribution >= 0.6 is 22.9 Å². The van der Waals surface area contributed by atoms with Gasteiger partial charge in [0.2, 0.25) is 0 Å². The van der Waals surface area contributed by atoms with Crippen molar-refractivity contribution in [2.24, 2.45) is 0 Å². The van der Waals surface area contributed by atoms with Gasteiger partial charge in [0, 0.05) is 39.8 Å². The van der Waals surface area contributed by atoms with Crippen LogP contribution in [0.5, 0.6) is 0 Å². The predicted octanol–water partition coefficient (Wildman–Crippen LogP) is 5.02. The van der Waals surface area contributed by atoms with E-state index in [1.54, 1.807) is 6.20 Å². The number of thiophene rings is 1. The van der Waals surface area contributed by atoms with Crippen LogP contribution in [-0.2, 0) is 0 Å². The van der Waals surface area contributed by atoms with Crippen molar-refractivity contribution in [2.75, 3.05) is 11.9 Å². The zero-order chi connectivity index (χ0) is 19.4. The molecule has 3 aromatic heterocycles. The highest BCUT2D eigenvalue weighted by molar-refractivity contribution is 7.21. The van der Waals surface area contributed by atoms with Crippen LogP contribution in [0.4, 0.5) is 5.69 Å². The number of halogens is 1. The molecule has 0 aliphatic carbocycles. The lowest BCUT2D eigenvalue weighted by molar-refractivity contribution is 0.0949. The average molecular weight is 409 g/mol. The summed E-state index contributed by atoms with van der Waals surface area (Å²) in [5, 5.41) is 9.02. The van der Waals surface area contributed by atoms with Crippen LogP contribution < -0.4 is 10.6 Å². The van der Waals surface area contributed by atoms with Crippen molar-refractivity contribution < 1.29 is 4.79 Å². The molecule has 0 bridgehead atoms. The van der Waals surface area contributed by atoms with Crippen LogP contribution in [0.1, 0.15) is 22.2 Å². The van der Waals surface area contributed by atoms with Crippen molar-refractivity contribution >= 4 is 55.5 Å². The normalized spacial score (nSPS) is 16.5. The van der Waals surface area contributed by atoms with Crippen LogP contribution in [0.15, 0.2) is 36.5 Å². The lowest BCUT2D eigenvalue weighted by atomic mass is 10.0. The lowest BCUT2D eigenvalue weighted by Crippen LogP contribution is -2.34. The second kappa shape index (κ2) is 6.43. The Hall–Kier alpha value is -2.70. The van der Waals surface area contributed by atoms with E-state index in [0.29, 0.717) is 11.7 Å². The number of carbonyl (C=O) groups excluding carboxylic acids is 1. The van der Waals surface area contributed by atoms with E-state index in [2.05, 4.69) is 21.7 Å². The Labute approximate surface area is 170 Å². The van der Waals surface area contributed by atoms with Gasteiger partial charge in [-0.05, 0) is 49.7 Å². The fourth-order valence-corrected chi connectivity index (χ4v) is 4.91. The van der Waals surface area contributed by atoms with Gasteiger partial charge < -0.3 is 10.6 Å². The minimum atomic E-state index is -0.0199. The molecule has 5 nitrogen and oxygen atoms in total. The maximum Gasteiger partial charge on any atom is 0.263 e. The predicted molar refractivity (Wildman–Crippen MR) is 116 cm³/mol. The Morgan fingerprint density at radius 3 is 2.96 bits per heavy atom. The van der Waals surface area contributed by atoms with Crippen LogP contribution in [0.2, 0.25) is 5.15 Å². The third-order valence-electron chi connectivity index (χ3n) is 5.04. The van der Waals surface area contributed by atoms with Crippen molar-refractivity contribution in [2.45, 2.75) is 19.9 Å². The molecule has 5 rings (SSSR count). The maximum atomic E-state index is 12.6. The summed E-state index contributed by atoms with van der Waals surface area (Å²) in [6, 6.07) is 10.1. The second-order valence-electron chi connectivity index (χ2n) is 7.09. The summed E-state index contributed by atoms with van der Waals surface area (Å²) in [5.74, 6) is -0.0199. The summed E-state index contributed by atoms with van der Waals surface area (Å²) in [6.07, 6.45) is 1.76. The third-order valence-corrected chi connectivity index (χ3v) is 6.40. The van der Waals surface area contributed by atoms with Crippen LogP contribution in [0, 0.1) is 6.92 Å². The lowest BCUT2D eigenvalue weighted by Gasteiger charge is -2.10. The summed E-state index contributed by atoms with van der Waals surface area (Å²) >= 11 is 7.60. The first kappa shape index (κ1) is 17.4. The van der Waals surface area contributed by atoms with Crippen molar-refractivity contribution in [1.29, 1.82) is 0 Å². The highest BCUT2D eigenvalue weighted by Gasteiger charge is 2.24. The number of pyridine rings is 2. The van der Waals surface area contributed by atoms with Gasteiger partial charge in [-0.25, -0.2) is 9.97 Å². The standard InChI is InChI=1S/C21H17ClN4OS/c1-10-8-23-17(22)7-13(10)15-4-3-12-14(26-15)5-6-16-18(12)19-20(28-16)21(27)25-11(2)9-24-19/h3-8,11,24H,9H2,1-2H3,(H,25,27)/t11-/m1/s1. The molecule has 4 heterocycles. The van der Waals surface area contributed by atoms with E-state index in [4.69, 9.17) is 16.6 Å². The number of aromatic nitrogens is 2. The number of nitrogens with one attached hydrogen (secondary N) is 2. The number of hydrogen-bond acceptors (Lipinski definition) is 5. The molecule has 1 aliphatic rings. The number of aryl methyl sites for hydroxylation is 1. The van der Waals surface area contributed by atoms with Gasteiger partial charge in [-0.15, -0.1) is 11.3 Å². The van der Waals surface area contributed by atoms with E-state index < -0.39 is 0 Å². The molecule has 0 unspecified atom stereocenters. The molecule has 2 N–H and O–H groups in total. The molecule has 0 spiro atoms. The monoisotopic (exact) mass is 408 g/mol. The molecule has 0 saturated heterocycles. The summed E-state index contributed by atoms with van der Waals surface area (Å²) in [5.41, 5.74) is 4.64. The Kier molecular flexibility index (Phi) is 4.00. The van der Waals surface area contributed by atoms with Crippen LogP contribution in [0.3, 0.4) is 0 Å². The van der Waals surface area contributed by atoms with Crippen molar-refractivity contribution in [3.8, 4) is 11.3 Å². The average Bonchev–Trinajstić information content (AvgIpc) is 3.00. The van der Waals surface area contributed by atoms with E-state index in [9.17, 15) is 4.79 Å². The second-order valence-corrected chi connectivity index (χ2v) is 8.52. The molecule has 140 valence electrons. The number of hydrogen-bond donors (Lipinski definition) is 2. The minimum absolute atomic E-state index is 0.0199. The molecule has 4 aromatic rings. The van der Waals surface area contributed by atoms with Crippen molar-refractivity contribution in [3.63, 3.8) is 0 Å². The first-order valence-corrected chi connectivity index (χ1v) is 10.2. The van der Waals surface area contributed by atoms with Gasteiger partial charge in [0.05, 0.1) is 16.9 Å². The third kappa shape index (κ3) is 2.72. The van der Waals surface area contributed by atoms with Gasteiger partial charge in [0.25, 0.3) is 5.91 Å². The van der Waals surface area contributed by atoms with Gasteiger partial charge in [0.15, 0.2) is 0 Å². The van der Waals surface area contributed by atoms with E-state index in [-0.39, 0.29) is 11.9 Å². The maximum absolute atomic E-state index is 12.6. The molecular formula is C21H17ClN4OS. The molecule has 1 aliphatic heterocycles. The van der Waals surface area contributed by atoms with Gasteiger partial charge in [0.1, 0.15) is 10.0 Å². The van der Waals surface area contributed by atoms with Crippen molar-refractivity contribution in [3.05, 3.63) is 52.1 Å². The summed E-state index contributed by atoms with van der Waals surface area (Å²) in [6.45, 7) is 4.69. The van der Waals surface area contributed by atoms with Gasteiger partial charge in [-0.3, -0.25) is 4.79 Å². The molecule has 0 saturated carbocycles. The zero-order valence-corrected chi connectivity index (χ0v) is 16.9. The first-order valence-electron chi connectivity index (χ1n) is 9.05. The van der Waals surface area contributed by atoms with E-state index in [1.165, 1.54) is 11.3 Å². The van der Waals surface area contributed by atoms with Crippen molar-refractivity contribution in [1.82, 2.24) is 15.3 Å². The smallest absolute Gasteiger partial charge is 0.263 e. The quantitative estimate of drug-likeness (QED) is 0.434. The molecular weight excluding hydrogens is 392 g/mol. The van der Waals surface area contributed by atoms with Gasteiger partial charge >= 0.3 is 0 Å². The number of amides is 1.